The normalized spacial score (nSPS) is 16.5. The minimum absolute atomic E-state index is 0. The van der Waals surface area contributed by atoms with E-state index >= 15 is 0 Å². The Morgan fingerprint density at radius 3 is 1.79 bits per heavy atom. The predicted octanol–water partition coefficient (Wildman–Crippen LogP) is -0.343. The van der Waals surface area contributed by atoms with Crippen molar-refractivity contribution in [3.8, 4) is 0 Å². The molecule has 0 spiro atoms. The first-order valence-electron chi connectivity index (χ1n) is 7.22. The molecule has 2 rings (SSSR count). The van der Waals surface area contributed by atoms with Crippen LogP contribution in [0.25, 0.3) is 0 Å². The largest absolute Gasteiger partial charge is 0.481 e. The Bertz CT molecular complexity index is 313. The summed E-state index contributed by atoms with van der Waals surface area (Å²) in [6, 6.07) is 0. The number of nitrogens with zero attached hydrogens (tertiary/aromatic N) is 1. The molecule has 2 aliphatic heterocycles. The number of morpholine rings is 2. The van der Waals surface area contributed by atoms with E-state index in [0.717, 1.165) is 58.7 Å². The van der Waals surface area contributed by atoms with Gasteiger partial charge in [0.25, 0.3) is 0 Å². The molecule has 0 aromatic heterocycles. The first-order valence-corrected chi connectivity index (χ1v) is 7.22. The van der Waals surface area contributed by atoms with Crippen LogP contribution in [0.2, 0.25) is 0 Å². The Hall–Kier alpha value is -3.48. The van der Waals surface area contributed by atoms with Crippen LogP contribution in [0.1, 0.15) is 6.42 Å². The van der Waals surface area contributed by atoms with E-state index in [1.165, 1.54) is 0 Å². The zero-order valence-corrected chi connectivity index (χ0v) is 27.0. The number of carboxylic acid groups (broad SMARTS) is 2. The van der Waals surface area contributed by atoms with Gasteiger partial charge in [-0.3, -0.25) is 9.69 Å². The molecule has 10 heteroatoms. The molecule has 2 aliphatic rings. The summed E-state index contributed by atoms with van der Waals surface area (Å²) in [4.78, 5) is 21.5. The van der Waals surface area contributed by atoms with Crippen LogP contribution in [0.4, 0.5) is 0 Å². The molecule has 2 fully saturated rings. The third-order valence-electron chi connectivity index (χ3n) is 2.77. The van der Waals surface area contributed by atoms with Crippen molar-refractivity contribution in [1.29, 1.82) is 0 Å². The van der Waals surface area contributed by atoms with Gasteiger partial charge in [-0.2, -0.15) is 0 Å². The van der Waals surface area contributed by atoms with E-state index in [1.54, 1.807) is 0 Å². The molecule has 0 radical (unpaired) electrons. The standard InChI is InChI=1S/C7H13NO3.C4H9NO.C3H4O2.2Rf/c9-7(10)1-2-8-3-5-11-6-4-8;1-3-6-4-2-5-1;1-2-3(4)5;;/h1-6H2,(H,9,10);5H,1-4H2;2H,1H2,(H,4,5);;. The van der Waals surface area contributed by atoms with E-state index in [1.807, 2.05) is 0 Å². The van der Waals surface area contributed by atoms with Gasteiger partial charge in [-0.15, -0.1) is 0 Å². The van der Waals surface area contributed by atoms with Crippen molar-refractivity contribution >= 4 is 11.9 Å². The van der Waals surface area contributed by atoms with Crippen LogP contribution in [0.5, 0.6) is 0 Å². The molecule has 132 valence electrons. The maximum absolute atomic E-state index is 10.2. The second-order valence-electron chi connectivity index (χ2n) is 4.50. The van der Waals surface area contributed by atoms with Crippen molar-refractivity contribution in [3.05, 3.63) is 12.7 Å². The molecule has 0 aliphatic carbocycles. The summed E-state index contributed by atoms with van der Waals surface area (Å²) in [6.45, 7) is 10.7. The fraction of sp³-hybridized carbons (Fsp3) is 0.714. The third-order valence-corrected chi connectivity index (χ3v) is 2.77. The van der Waals surface area contributed by atoms with Gasteiger partial charge in [0.05, 0.1) is 32.8 Å². The number of aliphatic carboxylic acids is 2. The van der Waals surface area contributed by atoms with Crippen molar-refractivity contribution in [3.63, 3.8) is 0 Å². The molecule has 8 nitrogen and oxygen atoms in total. The first kappa shape index (κ1) is 25.5. The maximum atomic E-state index is 10.2. The molecule has 0 atom stereocenters. The average Bonchev–Trinajstić information content (AvgIpc) is 2.56. The summed E-state index contributed by atoms with van der Waals surface area (Å²) in [7, 11) is 0. The number of hydrogen-bond donors (Lipinski definition) is 3. The maximum Gasteiger partial charge on any atom is 0.327 e. The Morgan fingerprint density at radius 2 is 1.50 bits per heavy atom. The molecule has 0 amide bonds. The van der Waals surface area contributed by atoms with Crippen molar-refractivity contribution in [2.75, 3.05) is 59.2 Å². The van der Waals surface area contributed by atoms with Crippen molar-refractivity contribution in [2.45, 2.75) is 6.42 Å². The number of ether oxygens (including phenoxy) is 2. The summed E-state index contributed by atoms with van der Waals surface area (Å²) in [5, 5.41) is 19.2. The van der Waals surface area contributed by atoms with Crippen LogP contribution in [0.3, 0.4) is 0 Å². The van der Waals surface area contributed by atoms with Gasteiger partial charge in [-0.1, -0.05) is 6.58 Å². The molecule has 0 saturated carbocycles. The van der Waals surface area contributed by atoms with E-state index in [0.29, 0.717) is 6.54 Å². The van der Waals surface area contributed by atoms with Gasteiger partial charge in [-0.25, -0.2) is 4.79 Å². The van der Waals surface area contributed by atoms with E-state index in [4.69, 9.17) is 19.7 Å². The molecule has 0 aromatic carbocycles. The molecule has 2 heterocycles. The van der Waals surface area contributed by atoms with Gasteiger partial charge >= 0.3 is 11.9 Å². The second kappa shape index (κ2) is 17.6. The van der Waals surface area contributed by atoms with Crippen LogP contribution in [0, 0.1) is 0 Å². The Morgan fingerprint density at radius 1 is 1.04 bits per heavy atom. The zero-order chi connectivity index (χ0) is 16.6. The van der Waals surface area contributed by atoms with Gasteiger partial charge in [-0.05, 0) is 0 Å². The van der Waals surface area contributed by atoms with Gasteiger partial charge in [0, 0.05) is 38.8 Å². The van der Waals surface area contributed by atoms with Gasteiger partial charge in [0.2, 0.25) is 0 Å². The molecular weight excluding hydrogens is 826 g/mol. The van der Waals surface area contributed by atoms with Gasteiger partial charge < -0.3 is 25.0 Å². The number of nitrogens with one attached hydrogen (secondary N) is 1. The number of carbonyl (C=O) groups is 2. The summed E-state index contributed by atoms with van der Waals surface area (Å²) in [5.41, 5.74) is 0. The number of carboxylic acids is 2. The Labute approximate surface area is 130 Å². The minimum Gasteiger partial charge on any atom is -0.481 e. The van der Waals surface area contributed by atoms with Crippen molar-refractivity contribution in [2.24, 2.45) is 0 Å². The van der Waals surface area contributed by atoms with E-state index in [2.05, 4.69) is 16.8 Å². The SMILES string of the molecule is C1COCCN1.C=CC(=O)O.O=C(O)CCN1CCOCC1.[Rf].[Rf]. The Balaban J connectivity index is -0.000000292. The third kappa shape index (κ3) is 18.5. The van der Waals surface area contributed by atoms with E-state index in [9.17, 15) is 9.59 Å². The van der Waals surface area contributed by atoms with Crippen molar-refractivity contribution in [1.82, 2.24) is 10.2 Å². The molecule has 2 saturated heterocycles. The average molecular weight is 852 g/mol. The second-order valence-corrected chi connectivity index (χ2v) is 4.50. The molecule has 0 bridgehead atoms. The zero-order valence-electron chi connectivity index (χ0n) is 14.2. The quantitative estimate of drug-likeness (QED) is 0.331. The minimum atomic E-state index is -0.981. The van der Waals surface area contributed by atoms with Gasteiger partial charge in [0.15, 0.2) is 0 Å². The molecular formula is C14H26N2O6Rf2. The fourth-order valence-corrected chi connectivity index (χ4v) is 1.59. The molecule has 3 N–H and O–H groups in total. The molecule has 24 heavy (non-hydrogen) atoms. The van der Waals surface area contributed by atoms with Crippen LogP contribution in [-0.4, -0.2) is 86.2 Å². The van der Waals surface area contributed by atoms with Crippen LogP contribution in [0.15, 0.2) is 12.7 Å². The smallest absolute Gasteiger partial charge is 0.327 e. The topological polar surface area (TPSA) is 108 Å². The summed E-state index contributed by atoms with van der Waals surface area (Å²) in [6.07, 6.45) is 1.07. The number of hydrogen-bond acceptors (Lipinski definition) is 6. The van der Waals surface area contributed by atoms with Crippen molar-refractivity contribution < 1.29 is 29.3 Å². The van der Waals surface area contributed by atoms with Crippen LogP contribution < -0.4 is 5.32 Å². The Kier molecular flexibility index (Phi) is 18.6. The summed E-state index contributed by atoms with van der Waals surface area (Å²) >= 11 is 0. The van der Waals surface area contributed by atoms with Crippen LogP contribution >= 0.6 is 0 Å². The number of rotatable bonds is 4. The monoisotopic (exact) mass is 852 g/mol. The summed E-state index contributed by atoms with van der Waals surface area (Å²) < 4.78 is 10.1. The molecule has 0 unspecified atom stereocenters. The van der Waals surface area contributed by atoms with E-state index < -0.39 is 11.9 Å². The summed E-state index contributed by atoms with van der Waals surface area (Å²) in [5.74, 6) is -1.71. The van der Waals surface area contributed by atoms with Gasteiger partial charge in [0.1, 0.15) is 0 Å². The molecule has 0 aromatic rings. The van der Waals surface area contributed by atoms with E-state index in [-0.39, 0.29) is 6.42 Å². The first-order chi connectivity index (χ1) is 10.6. The fourth-order valence-electron chi connectivity index (χ4n) is 1.59. The van der Waals surface area contributed by atoms with Crippen LogP contribution in [-0.2, 0) is 19.1 Å². The predicted molar refractivity (Wildman–Crippen MR) is 81.0 cm³/mol.